The normalized spacial score (nSPS) is 22.4. The molecule has 0 amide bonds. The van der Waals surface area contributed by atoms with Gasteiger partial charge in [0.15, 0.2) is 5.03 Å². The van der Waals surface area contributed by atoms with Crippen LogP contribution < -0.4 is 4.72 Å². The fraction of sp³-hybridized carbons (Fsp3) is 0.308. The first-order valence-corrected chi connectivity index (χ1v) is 7.63. The zero-order chi connectivity index (χ0) is 13.5. The van der Waals surface area contributed by atoms with Gasteiger partial charge in [0, 0.05) is 12.0 Å². The van der Waals surface area contributed by atoms with Crippen molar-refractivity contribution in [1.82, 2.24) is 14.7 Å². The maximum atomic E-state index is 12.1. The number of nitrogens with one attached hydrogen (secondary N) is 2. The molecule has 2 N–H and O–H groups in total. The zero-order valence-corrected chi connectivity index (χ0v) is 11.3. The van der Waals surface area contributed by atoms with Gasteiger partial charge >= 0.3 is 0 Å². The van der Waals surface area contributed by atoms with Crippen LogP contribution in [0.1, 0.15) is 23.7 Å². The van der Waals surface area contributed by atoms with Gasteiger partial charge in [0.05, 0.1) is 6.20 Å². The van der Waals surface area contributed by atoms with Crippen LogP contribution in [0.4, 0.5) is 0 Å². The molecular weight excluding hydrogens is 262 g/mol. The van der Waals surface area contributed by atoms with Crippen LogP contribution in [0.2, 0.25) is 0 Å². The summed E-state index contributed by atoms with van der Waals surface area (Å²) in [4.78, 5) is 6.66. The second-order valence-electron chi connectivity index (χ2n) is 4.81. The highest BCUT2D eigenvalue weighted by atomic mass is 32.2. The Kier molecular flexibility index (Phi) is 2.91. The number of hydrogen-bond acceptors (Lipinski definition) is 3. The van der Waals surface area contributed by atoms with Crippen LogP contribution >= 0.6 is 0 Å². The number of hydrogen-bond donors (Lipinski definition) is 2. The van der Waals surface area contributed by atoms with E-state index in [0.29, 0.717) is 5.82 Å². The molecular formula is C13H15N3O2S. The molecule has 5 nitrogen and oxygen atoms in total. The van der Waals surface area contributed by atoms with Gasteiger partial charge in [0.25, 0.3) is 10.0 Å². The molecule has 100 valence electrons. The lowest BCUT2D eigenvalue weighted by Crippen LogP contribution is -2.27. The van der Waals surface area contributed by atoms with E-state index in [9.17, 15) is 8.42 Å². The number of imidazole rings is 1. The molecule has 0 aliphatic heterocycles. The van der Waals surface area contributed by atoms with Crippen molar-refractivity contribution in [2.75, 3.05) is 0 Å². The average Bonchev–Trinajstić information content (AvgIpc) is 2.99. The van der Waals surface area contributed by atoms with Crippen molar-refractivity contribution in [3.63, 3.8) is 0 Å². The van der Waals surface area contributed by atoms with Crippen molar-refractivity contribution >= 4 is 10.0 Å². The number of H-pyrrole nitrogens is 1. The molecule has 3 rings (SSSR count). The van der Waals surface area contributed by atoms with Crippen LogP contribution in [0.25, 0.3) is 0 Å². The molecule has 19 heavy (non-hydrogen) atoms. The number of rotatable bonds is 4. The van der Waals surface area contributed by atoms with Crippen molar-refractivity contribution in [3.8, 4) is 0 Å². The molecule has 2 atom stereocenters. The summed E-state index contributed by atoms with van der Waals surface area (Å²) in [5, 5.41) is 0.128. The van der Waals surface area contributed by atoms with Gasteiger partial charge in [0.2, 0.25) is 0 Å². The molecule has 1 heterocycles. The van der Waals surface area contributed by atoms with E-state index in [4.69, 9.17) is 0 Å². The highest BCUT2D eigenvalue weighted by Crippen LogP contribution is 2.41. The minimum absolute atomic E-state index is 0.0176. The van der Waals surface area contributed by atoms with E-state index in [1.165, 1.54) is 11.8 Å². The van der Waals surface area contributed by atoms with Crippen molar-refractivity contribution in [3.05, 3.63) is 47.9 Å². The van der Waals surface area contributed by atoms with Gasteiger partial charge in [-0.15, -0.1) is 0 Å². The van der Waals surface area contributed by atoms with Gasteiger partial charge in [-0.1, -0.05) is 30.3 Å². The van der Waals surface area contributed by atoms with Crippen LogP contribution in [0.15, 0.2) is 41.6 Å². The Morgan fingerprint density at radius 1 is 1.32 bits per heavy atom. The van der Waals surface area contributed by atoms with Gasteiger partial charge < -0.3 is 4.98 Å². The highest BCUT2D eigenvalue weighted by Gasteiger charge is 2.41. The first-order valence-electron chi connectivity index (χ1n) is 6.15. The third kappa shape index (κ3) is 2.54. The van der Waals surface area contributed by atoms with E-state index in [1.54, 1.807) is 6.92 Å². The monoisotopic (exact) mass is 277 g/mol. The number of benzene rings is 1. The Morgan fingerprint density at radius 2 is 2.05 bits per heavy atom. The first kappa shape index (κ1) is 12.4. The molecule has 1 aliphatic rings. The molecule has 0 spiro atoms. The number of sulfonamides is 1. The summed E-state index contributed by atoms with van der Waals surface area (Å²) in [6, 6.07) is 9.93. The summed E-state index contributed by atoms with van der Waals surface area (Å²) in [6.45, 7) is 1.73. The fourth-order valence-electron chi connectivity index (χ4n) is 2.19. The summed E-state index contributed by atoms with van der Waals surface area (Å²) in [7, 11) is -3.49. The Labute approximate surface area is 112 Å². The Bertz CT molecular complexity index is 679. The molecule has 1 saturated carbocycles. The van der Waals surface area contributed by atoms with Gasteiger partial charge in [-0.05, 0) is 18.9 Å². The molecule has 1 aromatic carbocycles. The second kappa shape index (κ2) is 4.47. The highest BCUT2D eigenvalue weighted by molar-refractivity contribution is 7.89. The summed E-state index contributed by atoms with van der Waals surface area (Å²) < 4.78 is 26.9. The molecule has 0 saturated heterocycles. The van der Waals surface area contributed by atoms with Crippen LogP contribution in [0.5, 0.6) is 0 Å². The lowest BCUT2D eigenvalue weighted by molar-refractivity contribution is 0.576. The minimum atomic E-state index is -3.49. The maximum Gasteiger partial charge on any atom is 0.257 e. The topological polar surface area (TPSA) is 74.8 Å². The Balaban J connectivity index is 1.71. The Morgan fingerprint density at radius 3 is 2.68 bits per heavy atom. The minimum Gasteiger partial charge on any atom is -0.332 e. The third-order valence-electron chi connectivity index (χ3n) is 3.29. The van der Waals surface area contributed by atoms with E-state index in [2.05, 4.69) is 14.7 Å². The number of aryl methyl sites for hydroxylation is 1. The second-order valence-corrected chi connectivity index (χ2v) is 6.50. The van der Waals surface area contributed by atoms with Crippen LogP contribution in [0.3, 0.4) is 0 Å². The molecule has 2 aromatic rings. The van der Waals surface area contributed by atoms with Crippen LogP contribution in [-0.4, -0.2) is 24.4 Å². The molecule has 1 aliphatic carbocycles. The van der Waals surface area contributed by atoms with Gasteiger partial charge in [-0.3, -0.25) is 0 Å². The molecule has 0 bridgehead atoms. The quantitative estimate of drug-likeness (QED) is 0.890. The Hall–Kier alpha value is -1.66. The first-order chi connectivity index (χ1) is 9.06. The summed E-state index contributed by atoms with van der Waals surface area (Å²) in [5.74, 6) is 0.871. The summed E-state index contributed by atoms with van der Waals surface area (Å²) in [5.41, 5.74) is 1.18. The van der Waals surface area contributed by atoms with Crippen molar-refractivity contribution in [2.45, 2.75) is 30.3 Å². The van der Waals surface area contributed by atoms with E-state index in [0.717, 1.165) is 6.42 Å². The van der Waals surface area contributed by atoms with Crippen molar-refractivity contribution in [1.29, 1.82) is 0 Å². The summed E-state index contributed by atoms with van der Waals surface area (Å²) >= 11 is 0. The number of aromatic amines is 1. The predicted octanol–water partition coefficient (Wildman–Crippen LogP) is 1.55. The van der Waals surface area contributed by atoms with Crippen LogP contribution in [-0.2, 0) is 10.0 Å². The van der Waals surface area contributed by atoms with Crippen molar-refractivity contribution in [2.24, 2.45) is 0 Å². The van der Waals surface area contributed by atoms with E-state index in [1.807, 2.05) is 30.3 Å². The largest absolute Gasteiger partial charge is 0.332 e. The van der Waals surface area contributed by atoms with Gasteiger partial charge in [0.1, 0.15) is 5.82 Å². The summed E-state index contributed by atoms with van der Waals surface area (Å²) in [6.07, 6.45) is 2.19. The molecule has 2 unspecified atom stereocenters. The predicted molar refractivity (Wildman–Crippen MR) is 71.2 cm³/mol. The molecule has 1 fully saturated rings. The van der Waals surface area contributed by atoms with Crippen molar-refractivity contribution < 1.29 is 8.42 Å². The molecule has 1 aromatic heterocycles. The van der Waals surface area contributed by atoms with E-state index in [-0.39, 0.29) is 17.0 Å². The number of nitrogens with zero attached hydrogens (tertiary/aromatic N) is 1. The average molecular weight is 277 g/mol. The van der Waals surface area contributed by atoms with Gasteiger partial charge in [-0.25, -0.2) is 18.1 Å². The fourth-order valence-corrected chi connectivity index (χ4v) is 3.45. The van der Waals surface area contributed by atoms with Gasteiger partial charge in [-0.2, -0.15) is 0 Å². The lowest BCUT2D eigenvalue weighted by atomic mass is 10.1. The van der Waals surface area contributed by atoms with Crippen LogP contribution in [0, 0.1) is 6.92 Å². The SMILES string of the molecule is Cc1ncc(S(=O)(=O)NC2CC2c2ccccc2)[nH]1. The zero-order valence-electron chi connectivity index (χ0n) is 10.5. The molecule has 0 radical (unpaired) electrons. The van der Waals surface area contributed by atoms with E-state index < -0.39 is 10.0 Å². The lowest BCUT2D eigenvalue weighted by Gasteiger charge is -2.04. The molecule has 6 heteroatoms. The maximum absolute atomic E-state index is 12.1. The third-order valence-corrected chi connectivity index (χ3v) is 4.69. The van der Waals surface area contributed by atoms with E-state index >= 15 is 0 Å². The standard InChI is InChI=1S/C13H15N3O2S/c1-9-14-8-13(15-9)19(17,18)16-12-7-11(12)10-5-3-2-4-6-10/h2-6,8,11-12,16H,7H2,1H3,(H,14,15). The number of aromatic nitrogens is 2. The smallest absolute Gasteiger partial charge is 0.257 e.